The number of amides is 2. The number of halogens is 1. The third-order valence-electron chi connectivity index (χ3n) is 3.10. The fourth-order valence-corrected chi connectivity index (χ4v) is 2.09. The van der Waals surface area contributed by atoms with Crippen molar-refractivity contribution in [3.8, 4) is 0 Å². The zero-order chi connectivity index (χ0) is 14.3. The molecule has 0 unspecified atom stereocenters. The molecule has 2 heterocycles. The van der Waals surface area contributed by atoms with E-state index < -0.39 is 5.95 Å². The molecule has 1 aliphatic rings. The van der Waals surface area contributed by atoms with Crippen LogP contribution in [0.4, 0.5) is 15.8 Å². The Morgan fingerprint density at radius 1 is 1.05 bits per heavy atom. The third kappa shape index (κ3) is 1.91. The molecule has 6 heteroatoms. The first kappa shape index (κ1) is 12.3. The van der Waals surface area contributed by atoms with Crippen LogP contribution < -0.4 is 5.32 Å². The van der Waals surface area contributed by atoms with Crippen molar-refractivity contribution < 1.29 is 14.0 Å². The van der Waals surface area contributed by atoms with Gasteiger partial charge in [0.1, 0.15) is 0 Å². The van der Waals surface area contributed by atoms with Crippen LogP contribution in [0, 0.1) is 5.95 Å². The van der Waals surface area contributed by atoms with Crippen LogP contribution in [0.25, 0.3) is 0 Å². The molecule has 0 radical (unpaired) electrons. The van der Waals surface area contributed by atoms with Crippen molar-refractivity contribution in [3.63, 3.8) is 0 Å². The van der Waals surface area contributed by atoms with Gasteiger partial charge in [-0.15, -0.1) is 0 Å². The predicted octanol–water partition coefficient (Wildman–Crippen LogP) is 2.19. The molecule has 100 valence electrons. The first-order chi connectivity index (χ1) is 9.56. The van der Waals surface area contributed by atoms with E-state index in [2.05, 4.69) is 10.3 Å². The molecule has 0 spiro atoms. The number of carbonyl (C=O) groups is 2. The van der Waals surface area contributed by atoms with Gasteiger partial charge in [-0.25, -0.2) is 4.98 Å². The molecule has 20 heavy (non-hydrogen) atoms. The van der Waals surface area contributed by atoms with Crippen LogP contribution in [-0.2, 0) is 0 Å². The molecule has 1 aromatic carbocycles. The summed E-state index contributed by atoms with van der Waals surface area (Å²) in [5.74, 6) is -1.25. The van der Waals surface area contributed by atoms with Gasteiger partial charge in [0.05, 0.1) is 11.1 Å². The number of benzene rings is 1. The van der Waals surface area contributed by atoms with Crippen molar-refractivity contribution in [2.45, 2.75) is 0 Å². The summed E-state index contributed by atoms with van der Waals surface area (Å²) in [5, 5.41) is 2.96. The second-order valence-electron chi connectivity index (χ2n) is 4.42. The Kier molecular flexibility index (Phi) is 2.71. The fourth-order valence-electron chi connectivity index (χ4n) is 2.09. The third-order valence-corrected chi connectivity index (χ3v) is 3.10. The van der Waals surface area contributed by atoms with Gasteiger partial charge in [0.15, 0.2) is 0 Å². The average Bonchev–Trinajstić information content (AvgIpc) is 2.64. The number of hydrogen-bond donors (Lipinski definition) is 1. The topological polar surface area (TPSA) is 62.3 Å². The standard InChI is InChI=1S/C14H10FN3O2/c1-18-13(19)10-3-2-8(6-11(10)14(18)20)17-9-4-5-16-12(15)7-9/h2-7H,1H3,(H,16,17). The number of pyridine rings is 1. The monoisotopic (exact) mass is 271 g/mol. The van der Waals surface area contributed by atoms with Gasteiger partial charge in [-0.2, -0.15) is 4.39 Å². The Bertz CT molecular complexity index is 730. The molecule has 2 amide bonds. The molecule has 1 aliphatic heterocycles. The smallest absolute Gasteiger partial charge is 0.261 e. The zero-order valence-corrected chi connectivity index (χ0v) is 10.6. The number of nitrogens with zero attached hydrogens (tertiary/aromatic N) is 2. The van der Waals surface area contributed by atoms with E-state index in [4.69, 9.17) is 0 Å². The first-order valence-electron chi connectivity index (χ1n) is 5.91. The summed E-state index contributed by atoms with van der Waals surface area (Å²) in [6.07, 6.45) is 1.34. The SMILES string of the molecule is CN1C(=O)c2ccc(Nc3ccnc(F)c3)cc2C1=O. The van der Waals surface area contributed by atoms with E-state index in [-0.39, 0.29) is 11.8 Å². The number of imide groups is 1. The maximum absolute atomic E-state index is 13.0. The summed E-state index contributed by atoms with van der Waals surface area (Å²) in [6.45, 7) is 0. The minimum atomic E-state index is -0.595. The fraction of sp³-hybridized carbons (Fsp3) is 0.0714. The summed E-state index contributed by atoms with van der Waals surface area (Å²) >= 11 is 0. The molecule has 5 nitrogen and oxygen atoms in total. The number of rotatable bonds is 2. The highest BCUT2D eigenvalue weighted by Gasteiger charge is 2.32. The van der Waals surface area contributed by atoms with Gasteiger partial charge in [-0.1, -0.05) is 0 Å². The number of anilines is 2. The summed E-state index contributed by atoms with van der Waals surface area (Å²) in [6, 6.07) is 7.68. The summed E-state index contributed by atoms with van der Waals surface area (Å²) in [4.78, 5) is 28.2. The van der Waals surface area contributed by atoms with E-state index in [1.54, 1.807) is 24.3 Å². The van der Waals surface area contributed by atoms with E-state index >= 15 is 0 Å². The van der Waals surface area contributed by atoms with Crippen LogP contribution in [0.3, 0.4) is 0 Å². The van der Waals surface area contributed by atoms with Crippen LogP contribution in [-0.4, -0.2) is 28.7 Å². The maximum atomic E-state index is 13.0. The van der Waals surface area contributed by atoms with Gasteiger partial charge in [0.2, 0.25) is 5.95 Å². The molecular formula is C14H10FN3O2. The van der Waals surface area contributed by atoms with E-state index in [1.807, 2.05) is 0 Å². The van der Waals surface area contributed by atoms with Crippen molar-refractivity contribution >= 4 is 23.2 Å². The van der Waals surface area contributed by atoms with Crippen LogP contribution in [0.1, 0.15) is 20.7 Å². The average molecular weight is 271 g/mol. The van der Waals surface area contributed by atoms with Crippen molar-refractivity contribution in [1.82, 2.24) is 9.88 Å². The highest BCUT2D eigenvalue weighted by molar-refractivity contribution is 6.21. The molecular weight excluding hydrogens is 261 g/mol. The van der Waals surface area contributed by atoms with Crippen LogP contribution in [0.15, 0.2) is 36.5 Å². The number of carbonyl (C=O) groups excluding carboxylic acids is 2. The van der Waals surface area contributed by atoms with E-state index in [0.29, 0.717) is 22.5 Å². The van der Waals surface area contributed by atoms with Crippen molar-refractivity contribution in [3.05, 3.63) is 53.6 Å². The lowest BCUT2D eigenvalue weighted by molar-refractivity contribution is 0.0693. The predicted molar refractivity (Wildman–Crippen MR) is 70.3 cm³/mol. The highest BCUT2D eigenvalue weighted by atomic mass is 19.1. The second kappa shape index (κ2) is 4.41. The van der Waals surface area contributed by atoms with Crippen LogP contribution >= 0.6 is 0 Å². The molecule has 0 bridgehead atoms. The van der Waals surface area contributed by atoms with Crippen molar-refractivity contribution in [2.24, 2.45) is 0 Å². The molecule has 1 aromatic heterocycles. The van der Waals surface area contributed by atoms with E-state index in [1.165, 1.54) is 19.3 Å². The minimum absolute atomic E-state index is 0.313. The number of aromatic nitrogens is 1. The summed E-state index contributed by atoms with van der Waals surface area (Å²) < 4.78 is 13.0. The normalized spacial score (nSPS) is 13.6. The molecule has 2 aromatic rings. The highest BCUT2D eigenvalue weighted by Crippen LogP contribution is 2.26. The summed E-state index contributed by atoms with van der Waals surface area (Å²) in [7, 11) is 1.44. The van der Waals surface area contributed by atoms with Gasteiger partial charge >= 0.3 is 0 Å². The quantitative estimate of drug-likeness (QED) is 0.671. The largest absolute Gasteiger partial charge is 0.355 e. The van der Waals surface area contributed by atoms with Crippen molar-refractivity contribution in [2.75, 3.05) is 12.4 Å². The van der Waals surface area contributed by atoms with Gasteiger partial charge in [-0.3, -0.25) is 14.5 Å². The number of nitrogens with one attached hydrogen (secondary N) is 1. The molecule has 0 fully saturated rings. The van der Waals surface area contributed by atoms with Gasteiger partial charge < -0.3 is 5.32 Å². The minimum Gasteiger partial charge on any atom is -0.355 e. The van der Waals surface area contributed by atoms with Crippen LogP contribution in [0.2, 0.25) is 0 Å². The van der Waals surface area contributed by atoms with E-state index in [9.17, 15) is 14.0 Å². The number of hydrogen-bond acceptors (Lipinski definition) is 4. The Labute approximate surface area is 114 Å². The van der Waals surface area contributed by atoms with Gasteiger partial charge in [0, 0.05) is 30.7 Å². The second-order valence-corrected chi connectivity index (χ2v) is 4.42. The van der Waals surface area contributed by atoms with Crippen molar-refractivity contribution in [1.29, 1.82) is 0 Å². The van der Waals surface area contributed by atoms with Gasteiger partial charge in [-0.05, 0) is 24.3 Å². The summed E-state index contributed by atoms with van der Waals surface area (Å²) in [5.41, 5.74) is 1.84. The Morgan fingerprint density at radius 3 is 2.50 bits per heavy atom. The maximum Gasteiger partial charge on any atom is 0.261 e. The Balaban J connectivity index is 1.95. The molecule has 3 rings (SSSR count). The lowest BCUT2D eigenvalue weighted by atomic mass is 10.1. The van der Waals surface area contributed by atoms with E-state index in [0.717, 1.165) is 4.90 Å². The Morgan fingerprint density at radius 2 is 1.75 bits per heavy atom. The lowest BCUT2D eigenvalue weighted by Gasteiger charge is -2.07. The van der Waals surface area contributed by atoms with Gasteiger partial charge in [0.25, 0.3) is 11.8 Å². The molecule has 0 atom stereocenters. The molecule has 0 saturated carbocycles. The molecule has 0 saturated heterocycles. The first-order valence-corrected chi connectivity index (χ1v) is 5.91. The van der Waals surface area contributed by atoms with Crippen LogP contribution in [0.5, 0.6) is 0 Å². The zero-order valence-electron chi connectivity index (χ0n) is 10.6. The lowest BCUT2D eigenvalue weighted by Crippen LogP contribution is -2.24. The Hall–Kier alpha value is -2.76. The molecule has 0 aliphatic carbocycles. The number of fused-ring (bicyclic) bond motifs is 1. The molecule has 1 N–H and O–H groups in total.